The zero-order valence-electron chi connectivity index (χ0n) is 18.8. The number of carbonyl (C=O) groups is 2. The molecule has 32 heavy (non-hydrogen) atoms. The van der Waals surface area contributed by atoms with Crippen molar-refractivity contribution < 1.29 is 14.3 Å². The number of carbonyl (C=O) groups excluding carboxylic acids is 2. The van der Waals surface area contributed by atoms with E-state index in [1.54, 1.807) is 17.9 Å². The number of piperidine rings is 2. The predicted octanol–water partition coefficient (Wildman–Crippen LogP) is 2.71. The third kappa shape index (κ3) is 4.48. The highest BCUT2D eigenvalue weighted by atomic mass is 16.5. The summed E-state index contributed by atoms with van der Waals surface area (Å²) in [7, 11) is 1.64. The summed E-state index contributed by atoms with van der Waals surface area (Å²) in [5, 5.41) is 2.48. The van der Waals surface area contributed by atoms with E-state index in [4.69, 9.17) is 4.74 Å². The van der Waals surface area contributed by atoms with Crippen LogP contribution in [0.4, 0.5) is 5.69 Å². The van der Waals surface area contributed by atoms with Gasteiger partial charge < -0.3 is 14.2 Å². The van der Waals surface area contributed by atoms with Crippen LogP contribution >= 0.6 is 0 Å². The topological polar surface area (TPSA) is 80.6 Å². The maximum atomic E-state index is 12.9. The normalized spacial score (nSPS) is 19.8. The lowest BCUT2D eigenvalue weighted by atomic mass is 9.81. The molecular formula is C25H31N3O4. The Labute approximate surface area is 188 Å². The number of anilines is 1. The smallest absolute Gasteiger partial charge is 0.274 e. The highest BCUT2D eigenvalue weighted by Gasteiger charge is 2.31. The van der Waals surface area contributed by atoms with Gasteiger partial charge in [0, 0.05) is 39.4 Å². The molecule has 0 saturated carbocycles. The number of hydrogen-bond donors (Lipinski definition) is 1. The number of rotatable bonds is 6. The highest BCUT2D eigenvalue weighted by molar-refractivity contribution is 6.01. The van der Waals surface area contributed by atoms with Gasteiger partial charge in [0.2, 0.25) is 11.8 Å². The average molecular weight is 438 g/mol. The lowest BCUT2D eigenvalue weighted by molar-refractivity contribution is -0.134. The van der Waals surface area contributed by atoms with Crippen LogP contribution in [0.1, 0.15) is 54.2 Å². The van der Waals surface area contributed by atoms with E-state index in [2.05, 4.69) is 23.2 Å². The number of nitrogens with zero attached hydrogens (tertiary/aromatic N) is 2. The van der Waals surface area contributed by atoms with E-state index in [-0.39, 0.29) is 23.3 Å². The summed E-state index contributed by atoms with van der Waals surface area (Å²) < 4.78 is 6.82. The zero-order valence-corrected chi connectivity index (χ0v) is 18.8. The van der Waals surface area contributed by atoms with Crippen molar-refractivity contribution in [2.75, 3.05) is 31.7 Å². The third-order valence-electron chi connectivity index (χ3n) is 6.84. The molecule has 2 aliphatic heterocycles. The summed E-state index contributed by atoms with van der Waals surface area (Å²) in [5.41, 5.74) is 4.23. The molecule has 7 heteroatoms. The first-order chi connectivity index (χ1) is 15.5. The first-order valence-corrected chi connectivity index (χ1v) is 11.4. The first kappa shape index (κ1) is 22.3. The second kappa shape index (κ2) is 9.69. The van der Waals surface area contributed by atoms with E-state index in [1.807, 2.05) is 24.3 Å². The maximum Gasteiger partial charge on any atom is 0.274 e. The second-order valence-corrected chi connectivity index (χ2v) is 8.71. The van der Waals surface area contributed by atoms with Gasteiger partial charge in [-0.15, -0.1) is 0 Å². The fourth-order valence-electron chi connectivity index (χ4n) is 5.04. The number of hydrogen-bond acceptors (Lipinski definition) is 5. The lowest BCUT2D eigenvalue weighted by Crippen LogP contribution is -2.40. The van der Waals surface area contributed by atoms with Crippen LogP contribution in [-0.2, 0) is 20.9 Å². The van der Waals surface area contributed by atoms with Crippen LogP contribution in [0.15, 0.2) is 41.3 Å². The van der Waals surface area contributed by atoms with Crippen LogP contribution in [-0.4, -0.2) is 43.2 Å². The summed E-state index contributed by atoms with van der Waals surface area (Å²) >= 11 is 0. The quantitative estimate of drug-likeness (QED) is 0.703. The fourth-order valence-corrected chi connectivity index (χ4v) is 5.04. The van der Waals surface area contributed by atoms with Gasteiger partial charge in [0.15, 0.2) is 0 Å². The van der Waals surface area contributed by atoms with Crippen molar-refractivity contribution in [2.24, 2.45) is 0 Å². The summed E-state index contributed by atoms with van der Waals surface area (Å²) in [5.74, 6) is -0.249. The minimum absolute atomic E-state index is 0.0269. The molecule has 4 rings (SSSR count). The van der Waals surface area contributed by atoms with Crippen LogP contribution in [0.3, 0.4) is 0 Å². The number of amides is 2. The van der Waals surface area contributed by atoms with Crippen molar-refractivity contribution in [1.82, 2.24) is 9.88 Å². The van der Waals surface area contributed by atoms with Gasteiger partial charge in [0.1, 0.15) is 5.69 Å². The van der Waals surface area contributed by atoms with E-state index >= 15 is 0 Å². The Morgan fingerprint density at radius 3 is 2.50 bits per heavy atom. The van der Waals surface area contributed by atoms with E-state index < -0.39 is 0 Å². The van der Waals surface area contributed by atoms with Crippen molar-refractivity contribution >= 4 is 17.5 Å². The molecule has 0 bridgehead atoms. The Bertz CT molecular complexity index is 1050. The number of aromatic nitrogens is 1. The molecule has 2 fully saturated rings. The number of imide groups is 1. The van der Waals surface area contributed by atoms with E-state index in [9.17, 15) is 14.4 Å². The van der Waals surface area contributed by atoms with Gasteiger partial charge in [0.25, 0.3) is 5.56 Å². The molecule has 2 aromatic rings. The Morgan fingerprint density at radius 2 is 1.78 bits per heavy atom. The minimum Gasteiger partial charge on any atom is -0.383 e. The number of pyridine rings is 1. The van der Waals surface area contributed by atoms with Crippen LogP contribution in [0.2, 0.25) is 0 Å². The number of benzene rings is 1. The first-order valence-electron chi connectivity index (χ1n) is 11.4. The summed E-state index contributed by atoms with van der Waals surface area (Å²) in [6.07, 6.45) is 4.66. The largest absolute Gasteiger partial charge is 0.383 e. The molecule has 0 radical (unpaired) electrons. The number of nitrogens with one attached hydrogen (secondary N) is 1. The van der Waals surface area contributed by atoms with E-state index in [1.165, 1.54) is 5.56 Å². The molecule has 7 nitrogen and oxygen atoms in total. The van der Waals surface area contributed by atoms with Crippen LogP contribution in [0.5, 0.6) is 0 Å². The molecule has 170 valence electrons. The van der Waals surface area contributed by atoms with Crippen molar-refractivity contribution in [3.8, 4) is 0 Å². The summed E-state index contributed by atoms with van der Waals surface area (Å²) in [4.78, 5) is 39.0. The van der Waals surface area contributed by atoms with E-state index in [0.29, 0.717) is 31.9 Å². The molecule has 1 aromatic carbocycles. The molecule has 0 spiro atoms. The average Bonchev–Trinajstić information content (AvgIpc) is 2.79. The van der Waals surface area contributed by atoms with Crippen LogP contribution < -0.4 is 15.8 Å². The Kier molecular flexibility index (Phi) is 6.74. The predicted molar refractivity (Wildman–Crippen MR) is 123 cm³/mol. The summed E-state index contributed by atoms with van der Waals surface area (Å²) in [6.45, 7) is 4.78. The minimum atomic E-state index is -0.261. The van der Waals surface area contributed by atoms with E-state index in [0.717, 1.165) is 42.7 Å². The van der Waals surface area contributed by atoms with Gasteiger partial charge in [-0.05, 0) is 60.9 Å². The molecule has 2 amide bonds. The van der Waals surface area contributed by atoms with Crippen LogP contribution in [0, 0.1) is 6.92 Å². The van der Waals surface area contributed by atoms with Gasteiger partial charge in [-0.3, -0.25) is 19.7 Å². The lowest BCUT2D eigenvalue weighted by Gasteiger charge is -2.34. The van der Waals surface area contributed by atoms with Gasteiger partial charge in [-0.25, -0.2) is 0 Å². The third-order valence-corrected chi connectivity index (χ3v) is 6.84. The molecule has 1 N–H and O–H groups in total. The van der Waals surface area contributed by atoms with Crippen molar-refractivity contribution in [3.05, 3.63) is 63.6 Å². The van der Waals surface area contributed by atoms with Gasteiger partial charge in [0.05, 0.1) is 12.5 Å². The van der Waals surface area contributed by atoms with Crippen LogP contribution in [0.25, 0.3) is 0 Å². The molecule has 2 saturated heterocycles. The second-order valence-electron chi connectivity index (χ2n) is 8.71. The van der Waals surface area contributed by atoms with Gasteiger partial charge >= 0.3 is 0 Å². The van der Waals surface area contributed by atoms with Crippen molar-refractivity contribution in [3.63, 3.8) is 0 Å². The van der Waals surface area contributed by atoms with Gasteiger partial charge in [-0.1, -0.05) is 18.2 Å². The van der Waals surface area contributed by atoms with Crippen molar-refractivity contribution in [1.29, 1.82) is 0 Å². The molecule has 1 unspecified atom stereocenters. The zero-order chi connectivity index (χ0) is 22.7. The Balaban J connectivity index is 1.48. The maximum absolute atomic E-state index is 12.9. The molecular weight excluding hydrogens is 406 g/mol. The highest BCUT2D eigenvalue weighted by Crippen LogP contribution is 2.36. The summed E-state index contributed by atoms with van der Waals surface area (Å²) in [6, 6.07) is 10.0. The number of methoxy groups -OCH3 is 1. The van der Waals surface area contributed by atoms with Gasteiger partial charge in [-0.2, -0.15) is 0 Å². The SMILES string of the molecule is COCCn1cccc(N2CCC(c3cccc(C4CCC(=O)NC4=O)c3C)CC2)c1=O. The molecule has 3 heterocycles. The molecule has 0 aliphatic carbocycles. The monoisotopic (exact) mass is 437 g/mol. The fraction of sp³-hybridized carbons (Fsp3) is 0.480. The Hall–Kier alpha value is -2.93. The Morgan fingerprint density at radius 1 is 1.03 bits per heavy atom. The van der Waals surface area contributed by atoms with Crippen molar-refractivity contribution in [2.45, 2.75) is 51.0 Å². The standard InChI is InChI=1S/C25H31N3O4/c1-17-19(5-3-6-20(17)21-8-9-23(29)26-24(21)30)18-10-13-27(14-11-18)22-7-4-12-28(25(22)31)15-16-32-2/h3-7,12,18,21H,8-11,13-16H2,1-2H3,(H,26,29,30). The number of ether oxygens (including phenoxy) is 1. The molecule has 1 aromatic heterocycles. The molecule has 1 atom stereocenters. The molecule has 2 aliphatic rings.